The SMILES string of the molecule is c1ccc(COc2ccc(CN3CCC(c4nc5ccccc5[nH]4)CC3)cc2)cc1. The zero-order valence-electron chi connectivity index (χ0n) is 17.1. The number of imidazole rings is 1. The fourth-order valence-corrected chi connectivity index (χ4v) is 4.22. The van der Waals surface area contributed by atoms with E-state index < -0.39 is 0 Å². The van der Waals surface area contributed by atoms with Crippen LogP contribution in [0.15, 0.2) is 78.9 Å². The summed E-state index contributed by atoms with van der Waals surface area (Å²) in [7, 11) is 0. The van der Waals surface area contributed by atoms with E-state index in [2.05, 4.69) is 64.5 Å². The molecule has 0 unspecified atom stereocenters. The molecule has 2 heterocycles. The van der Waals surface area contributed by atoms with Crippen molar-refractivity contribution in [2.24, 2.45) is 0 Å². The van der Waals surface area contributed by atoms with Crippen LogP contribution in [0.3, 0.4) is 0 Å². The van der Waals surface area contributed by atoms with E-state index in [0.29, 0.717) is 12.5 Å². The first-order chi connectivity index (χ1) is 14.8. The topological polar surface area (TPSA) is 41.1 Å². The average Bonchev–Trinajstić information content (AvgIpc) is 3.24. The van der Waals surface area contributed by atoms with Crippen molar-refractivity contribution in [3.8, 4) is 5.75 Å². The van der Waals surface area contributed by atoms with Crippen molar-refractivity contribution < 1.29 is 4.74 Å². The molecular weight excluding hydrogens is 370 g/mol. The molecule has 30 heavy (non-hydrogen) atoms. The molecular formula is C26H27N3O. The fourth-order valence-electron chi connectivity index (χ4n) is 4.22. The summed E-state index contributed by atoms with van der Waals surface area (Å²) >= 11 is 0. The Hall–Kier alpha value is -3.11. The summed E-state index contributed by atoms with van der Waals surface area (Å²) in [6.07, 6.45) is 2.30. The molecule has 152 valence electrons. The van der Waals surface area contributed by atoms with E-state index in [-0.39, 0.29) is 0 Å². The van der Waals surface area contributed by atoms with Gasteiger partial charge < -0.3 is 9.72 Å². The van der Waals surface area contributed by atoms with Crippen molar-refractivity contribution in [2.45, 2.75) is 31.9 Å². The van der Waals surface area contributed by atoms with Crippen LogP contribution in [0, 0.1) is 0 Å². The Morgan fingerprint density at radius 1 is 0.833 bits per heavy atom. The number of para-hydroxylation sites is 2. The fraction of sp³-hybridized carbons (Fsp3) is 0.269. The highest BCUT2D eigenvalue weighted by molar-refractivity contribution is 5.74. The van der Waals surface area contributed by atoms with Crippen molar-refractivity contribution in [1.82, 2.24) is 14.9 Å². The van der Waals surface area contributed by atoms with E-state index in [1.807, 2.05) is 24.3 Å². The van der Waals surface area contributed by atoms with Gasteiger partial charge in [0.05, 0.1) is 11.0 Å². The number of benzene rings is 3. The highest BCUT2D eigenvalue weighted by atomic mass is 16.5. The van der Waals surface area contributed by atoms with Crippen molar-refractivity contribution in [2.75, 3.05) is 13.1 Å². The third-order valence-electron chi connectivity index (χ3n) is 5.96. The van der Waals surface area contributed by atoms with Crippen LogP contribution in [0.1, 0.15) is 35.7 Å². The summed E-state index contributed by atoms with van der Waals surface area (Å²) in [5.41, 5.74) is 4.74. The van der Waals surface area contributed by atoms with Crippen LogP contribution < -0.4 is 4.74 Å². The quantitative estimate of drug-likeness (QED) is 0.466. The summed E-state index contributed by atoms with van der Waals surface area (Å²) in [6, 6.07) is 27.1. The molecule has 0 radical (unpaired) electrons. The Morgan fingerprint density at radius 3 is 2.33 bits per heavy atom. The minimum atomic E-state index is 0.530. The third kappa shape index (κ3) is 4.39. The second kappa shape index (κ2) is 8.72. The molecule has 0 saturated carbocycles. The number of aromatic nitrogens is 2. The molecule has 1 aliphatic rings. The van der Waals surface area contributed by atoms with Crippen molar-refractivity contribution in [1.29, 1.82) is 0 Å². The second-order valence-corrected chi connectivity index (χ2v) is 8.11. The summed E-state index contributed by atoms with van der Waals surface area (Å²) in [6.45, 7) is 3.81. The van der Waals surface area contributed by atoms with Gasteiger partial charge in [-0.05, 0) is 61.3 Å². The molecule has 4 aromatic rings. The van der Waals surface area contributed by atoms with Gasteiger partial charge in [0, 0.05) is 12.5 Å². The Labute approximate surface area is 177 Å². The maximum Gasteiger partial charge on any atom is 0.119 e. The van der Waals surface area contributed by atoms with Gasteiger partial charge in [-0.3, -0.25) is 4.90 Å². The molecule has 1 fully saturated rings. The van der Waals surface area contributed by atoms with Crippen LogP contribution in [0.25, 0.3) is 11.0 Å². The summed E-state index contributed by atoms with van der Waals surface area (Å²) in [5.74, 6) is 2.60. The van der Waals surface area contributed by atoms with E-state index in [1.165, 1.54) is 11.1 Å². The lowest BCUT2D eigenvalue weighted by Crippen LogP contribution is -2.32. The predicted molar refractivity (Wildman–Crippen MR) is 121 cm³/mol. The summed E-state index contributed by atoms with van der Waals surface area (Å²) < 4.78 is 5.90. The van der Waals surface area contributed by atoms with Crippen LogP contribution >= 0.6 is 0 Å². The predicted octanol–water partition coefficient (Wildman–Crippen LogP) is 5.52. The molecule has 3 aromatic carbocycles. The van der Waals surface area contributed by atoms with Gasteiger partial charge in [0.1, 0.15) is 18.2 Å². The number of hydrogen-bond acceptors (Lipinski definition) is 3. The third-order valence-corrected chi connectivity index (χ3v) is 5.96. The number of likely N-dealkylation sites (tertiary alicyclic amines) is 1. The Bertz CT molecular complexity index is 1050. The van der Waals surface area contributed by atoms with Crippen molar-refractivity contribution in [3.05, 3.63) is 95.8 Å². The largest absolute Gasteiger partial charge is 0.489 e. The summed E-state index contributed by atoms with van der Waals surface area (Å²) in [5, 5.41) is 0. The standard InChI is InChI=1S/C26H27N3O/c1-2-6-21(7-3-1)19-30-23-12-10-20(11-13-23)18-29-16-14-22(15-17-29)26-27-24-8-4-5-9-25(24)28-26/h1-13,22H,14-19H2,(H,27,28). The number of hydrogen-bond donors (Lipinski definition) is 1. The number of fused-ring (bicyclic) bond motifs is 1. The van der Waals surface area contributed by atoms with Gasteiger partial charge >= 0.3 is 0 Å². The molecule has 1 saturated heterocycles. The lowest BCUT2D eigenvalue weighted by molar-refractivity contribution is 0.202. The van der Waals surface area contributed by atoms with Gasteiger partial charge in [-0.15, -0.1) is 0 Å². The molecule has 5 rings (SSSR count). The van der Waals surface area contributed by atoms with Gasteiger partial charge in [-0.25, -0.2) is 4.98 Å². The van der Waals surface area contributed by atoms with Crippen LogP contribution in [-0.4, -0.2) is 28.0 Å². The van der Waals surface area contributed by atoms with Gasteiger partial charge in [0.2, 0.25) is 0 Å². The average molecular weight is 398 g/mol. The first-order valence-electron chi connectivity index (χ1n) is 10.8. The number of rotatable bonds is 6. The first kappa shape index (κ1) is 18.9. The second-order valence-electron chi connectivity index (χ2n) is 8.11. The van der Waals surface area contributed by atoms with Crippen molar-refractivity contribution >= 4 is 11.0 Å². The number of nitrogens with one attached hydrogen (secondary N) is 1. The van der Waals surface area contributed by atoms with Gasteiger partial charge in [0.15, 0.2) is 0 Å². The van der Waals surface area contributed by atoms with E-state index in [4.69, 9.17) is 9.72 Å². The minimum absolute atomic E-state index is 0.530. The van der Waals surface area contributed by atoms with E-state index in [0.717, 1.165) is 55.1 Å². The van der Waals surface area contributed by atoms with Crippen LogP contribution in [-0.2, 0) is 13.2 Å². The van der Waals surface area contributed by atoms with E-state index in [9.17, 15) is 0 Å². The van der Waals surface area contributed by atoms with Gasteiger partial charge in [-0.2, -0.15) is 0 Å². The molecule has 4 nitrogen and oxygen atoms in total. The molecule has 1 aromatic heterocycles. The zero-order chi connectivity index (χ0) is 20.2. The lowest BCUT2D eigenvalue weighted by Gasteiger charge is -2.31. The molecule has 0 aliphatic carbocycles. The highest BCUT2D eigenvalue weighted by Crippen LogP contribution is 2.28. The number of ether oxygens (including phenoxy) is 1. The number of H-pyrrole nitrogens is 1. The van der Waals surface area contributed by atoms with E-state index in [1.54, 1.807) is 0 Å². The monoisotopic (exact) mass is 397 g/mol. The number of nitrogens with zero attached hydrogens (tertiary/aromatic N) is 2. The number of piperidine rings is 1. The lowest BCUT2D eigenvalue weighted by atomic mass is 9.96. The molecule has 1 aliphatic heterocycles. The Kier molecular flexibility index (Phi) is 5.49. The van der Waals surface area contributed by atoms with Crippen LogP contribution in [0.5, 0.6) is 5.75 Å². The Morgan fingerprint density at radius 2 is 1.57 bits per heavy atom. The van der Waals surface area contributed by atoms with Crippen LogP contribution in [0.2, 0.25) is 0 Å². The van der Waals surface area contributed by atoms with Crippen LogP contribution in [0.4, 0.5) is 0 Å². The maximum atomic E-state index is 5.90. The van der Waals surface area contributed by atoms with Gasteiger partial charge in [0.25, 0.3) is 0 Å². The molecule has 0 bridgehead atoms. The molecule has 1 N–H and O–H groups in total. The molecule has 4 heteroatoms. The molecule has 0 spiro atoms. The maximum absolute atomic E-state index is 5.90. The minimum Gasteiger partial charge on any atom is -0.489 e. The van der Waals surface area contributed by atoms with Crippen molar-refractivity contribution in [3.63, 3.8) is 0 Å². The number of aromatic amines is 1. The first-order valence-corrected chi connectivity index (χ1v) is 10.8. The zero-order valence-corrected chi connectivity index (χ0v) is 17.1. The molecule has 0 atom stereocenters. The smallest absolute Gasteiger partial charge is 0.119 e. The van der Waals surface area contributed by atoms with E-state index >= 15 is 0 Å². The summed E-state index contributed by atoms with van der Waals surface area (Å²) in [4.78, 5) is 10.9. The van der Waals surface area contributed by atoms with Gasteiger partial charge in [-0.1, -0.05) is 54.6 Å². The normalized spacial score (nSPS) is 15.5. The highest BCUT2D eigenvalue weighted by Gasteiger charge is 2.23. The Balaban J connectivity index is 1.12. The molecule has 0 amide bonds.